The molecule has 1 heterocycles. The third-order valence-corrected chi connectivity index (χ3v) is 3.77. The maximum absolute atomic E-state index is 11.3. The summed E-state index contributed by atoms with van der Waals surface area (Å²) in [6.45, 7) is 9.51. The minimum Gasteiger partial charge on any atom is -0.302 e. The summed E-state index contributed by atoms with van der Waals surface area (Å²) in [5.74, 6) is 5.02. The van der Waals surface area contributed by atoms with Gasteiger partial charge in [-0.25, -0.2) is 5.84 Å². The van der Waals surface area contributed by atoms with Crippen LogP contribution in [-0.2, 0) is 11.2 Å². The summed E-state index contributed by atoms with van der Waals surface area (Å²) in [4.78, 5) is 15.9. The number of hydrogen-bond acceptors (Lipinski definition) is 4. The fourth-order valence-corrected chi connectivity index (χ4v) is 2.59. The second kappa shape index (κ2) is 11.2. The van der Waals surface area contributed by atoms with Gasteiger partial charge in [0.2, 0.25) is 5.91 Å². The van der Waals surface area contributed by atoms with E-state index < -0.39 is 0 Å². The van der Waals surface area contributed by atoms with E-state index in [2.05, 4.69) is 45.6 Å². The first kappa shape index (κ1) is 18.6. The predicted molar refractivity (Wildman–Crippen MR) is 91.3 cm³/mol. The van der Waals surface area contributed by atoms with Crippen molar-refractivity contribution in [1.82, 2.24) is 15.2 Å². The number of carbonyl (C=O) groups is 1. The molecule has 0 aromatic heterocycles. The molecule has 1 aromatic carbocycles. The first-order valence-corrected chi connectivity index (χ1v) is 8.26. The van der Waals surface area contributed by atoms with Gasteiger partial charge in [0.25, 0.3) is 0 Å². The van der Waals surface area contributed by atoms with Crippen LogP contribution in [0.3, 0.4) is 0 Å². The lowest BCUT2D eigenvalue weighted by atomic mass is 10.1. The van der Waals surface area contributed by atoms with E-state index in [9.17, 15) is 4.79 Å². The molecular formula is C17H30N4O. The Labute approximate surface area is 134 Å². The van der Waals surface area contributed by atoms with Gasteiger partial charge in [0.1, 0.15) is 0 Å². The summed E-state index contributed by atoms with van der Waals surface area (Å²) in [6, 6.07) is 10.6. The molecule has 5 heteroatoms. The van der Waals surface area contributed by atoms with E-state index >= 15 is 0 Å². The summed E-state index contributed by atoms with van der Waals surface area (Å²) < 4.78 is 0. The molecule has 3 N–H and O–H groups in total. The van der Waals surface area contributed by atoms with Crippen LogP contribution >= 0.6 is 0 Å². The van der Waals surface area contributed by atoms with Crippen LogP contribution in [0, 0.1) is 0 Å². The largest absolute Gasteiger partial charge is 0.302 e. The van der Waals surface area contributed by atoms with Gasteiger partial charge in [0, 0.05) is 19.6 Å². The highest BCUT2D eigenvalue weighted by atomic mass is 16.2. The molecule has 124 valence electrons. The molecule has 1 fully saturated rings. The predicted octanol–water partition coefficient (Wildman–Crippen LogP) is 1.25. The standard InChI is InChI=1S/C15H24N4O.C2H6/c16-17-15(20)13-19-9-4-8-18(11-12-19)10-7-14-5-2-1-3-6-14;1-2/h1-3,5-6H,4,7-13,16H2,(H,17,20);1-2H3. The van der Waals surface area contributed by atoms with E-state index in [-0.39, 0.29) is 5.91 Å². The lowest BCUT2D eigenvalue weighted by Gasteiger charge is -2.21. The van der Waals surface area contributed by atoms with Gasteiger partial charge < -0.3 is 4.90 Å². The first-order chi connectivity index (χ1) is 10.8. The van der Waals surface area contributed by atoms with Crippen LogP contribution in [-0.4, -0.2) is 55.0 Å². The van der Waals surface area contributed by atoms with Crippen LogP contribution in [0.15, 0.2) is 30.3 Å². The molecule has 0 atom stereocenters. The van der Waals surface area contributed by atoms with Gasteiger partial charge in [-0.1, -0.05) is 44.2 Å². The number of benzene rings is 1. The number of rotatable bonds is 5. The van der Waals surface area contributed by atoms with Gasteiger partial charge in [-0.05, 0) is 31.5 Å². The van der Waals surface area contributed by atoms with Crippen LogP contribution in [0.2, 0.25) is 0 Å². The molecule has 0 aliphatic carbocycles. The van der Waals surface area contributed by atoms with Gasteiger partial charge >= 0.3 is 0 Å². The van der Waals surface area contributed by atoms with Gasteiger partial charge in [-0.15, -0.1) is 0 Å². The lowest BCUT2D eigenvalue weighted by molar-refractivity contribution is -0.122. The van der Waals surface area contributed by atoms with Crippen molar-refractivity contribution in [2.75, 3.05) is 39.3 Å². The first-order valence-electron chi connectivity index (χ1n) is 8.26. The fraction of sp³-hybridized carbons (Fsp3) is 0.588. The Kier molecular flexibility index (Phi) is 9.46. The van der Waals surface area contributed by atoms with E-state index in [4.69, 9.17) is 5.84 Å². The number of amides is 1. The van der Waals surface area contributed by atoms with Gasteiger partial charge in [0.05, 0.1) is 6.54 Å². The second-order valence-corrected chi connectivity index (χ2v) is 5.27. The van der Waals surface area contributed by atoms with E-state index in [0.717, 1.165) is 45.6 Å². The SMILES string of the molecule is CC.NNC(=O)CN1CCCN(CCc2ccccc2)CC1. The Morgan fingerprint density at radius 3 is 2.41 bits per heavy atom. The van der Waals surface area contributed by atoms with E-state index in [0.29, 0.717) is 6.54 Å². The highest BCUT2D eigenvalue weighted by molar-refractivity contribution is 5.77. The van der Waals surface area contributed by atoms with Crippen molar-refractivity contribution in [2.24, 2.45) is 5.84 Å². The minimum absolute atomic E-state index is 0.109. The van der Waals surface area contributed by atoms with Crippen LogP contribution in [0.5, 0.6) is 0 Å². The number of hydrogen-bond donors (Lipinski definition) is 2. The average molecular weight is 306 g/mol. The smallest absolute Gasteiger partial charge is 0.248 e. The Morgan fingerprint density at radius 2 is 1.73 bits per heavy atom. The van der Waals surface area contributed by atoms with Crippen molar-refractivity contribution < 1.29 is 4.79 Å². The molecule has 1 amide bonds. The van der Waals surface area contributed by atoms with E-state index in [1.165, 1.54) is 5.56 Å². The highest BCUT2D eigenvalue weighted by Gasteiger charge is 2.16. The monoisotopic (exact) mass is 306 g/mol. The van der Waals surface area contributed by atoms with Crippen molar-refractivity contribution in [3.05, 3.63) is 35.9 Å². The number of hydrazine groups is 1. The van der Waals surface area contributed by atoms with Gasteiger partial charge in [-0.3, -0.25) is 15.1 Å². The zero-order valence-electron chi connectivity index (χ0n) is 13.9. The summed E-state index contributed by atoms with van der Waals surface area (Å²) in [6.07, 6.45) is 2.19. The third kappa shape index (κ3) is 7.02. The second-order valence-electron chi connectivity index (χ2n) is 5.27. The van der Waals surface area contributed by atoms with Crippen LogP contribution in [0.1, 0.15) is 25.8 Å². The summed E-state index contributed by atoms with van der Waals surface area (Å²) in [5.41, 5.74) is 3.58. The number of nitrogens with one attached hydrogen (secondary N) is 1. The van der Waals surface area contributed by atoms with Gasteiger partial charge in [0.15, 0.2) is 0 Å². The van der Waals surface area contributed by atoms with Crippen LogP contribution in [0.25, 0.3) is 0 Å². The molecule has 22 heavy (non-hydrogen) atoms. The van der Waals surface area contributed by atoms with Crippen molar-refractivity contribution >= 4 is 5.91 Å². The van der Waals surface area contributed by atoms with Gasteiger partial charge in [-0.2, -0.15) is 0 Å². The molecule has 1 aromatic rings. The number of carbonyl (C=O) groups excluding carboxylic acids is 1. The fourth-order valence-electron chi connectivity index (χ4n) is 2.59. The zero-order valence-corrected chi connectivity index (χ0v) is 13.9. The lowest BCUT2D eigenvalue weighted by Crippen LogP contribution is -2.41. The third-order valence-electron chi connectivity index (χ3n) is 3.77. The summed E-state index contributed by atoms with van der Waals surface area (Å²) in [7, 11) is 0. The van der Waals surface area contributed by atoms with E-state index in [1.54, 1.807) is 0 Å². The van der Waals surface area contributed by atoms with E-state index in [1.807, 2.05) is 13.8 Å². The molecular weight excluding hydrogens is 276 g/mol. The Morgan fingerprint density at radius 1 is 1.09 bits per heavy atom. The zero-order chi connectivity index (χ0) is 16.2. The van der Waals surface area contributed by atoms with Crippen molar-refractivity contribution in [3.8, 4) is 0 Å². The molecule has 2 rings (SSSR count). The van der Waals surface area contributed by atoms with Crippen molar-refractivity contribution in [1.29, 1.82) is 0 Å². The number of nitrogens with zero attached hydrogens (tertiary/aromatic N) is 2. The Bertz CT molecular complexity index is 410. The van der Waals surface area contributed by atoms with Crippen LogP contribution in [0.4, 0.5) is 0 Å². The molecule has 0 radical (unpaired) electrons. The quantitative estimate of drug-likeness (QED) is 0.488. The summed E-state index contributed by atoms with van der Waals surface area (Å²) in [5, 5.41) is 0. The molecule has 1 aliphatic heterocycles. The normalized spacial score (nSPS) is 16.3. The molecule has 1 aliphatic rings. The molecule has 0 bridgehead atoms. The Hall–Kier alpha value is -1.43. The van der Waals surface area contributed by atoms with Crippen LogP contribution < -0.4 is 11.3 Å². The molecule has 0 unspecified atom stereocenters. The molecule has 1 saturated heterocycles. The maximum atomic E-state index is 11.3. The number of nitrogens with two attached hydrogens (primary N) is 1. The molecule has 0 saturated carbocycles. The average Bonchev–Trinajstić information content (AvgIpc) is 2.81. The maximum Gasteiger partial charge on any atom is 0.248 e. The minimum atomic E-state index is -0.109. The highest BCUT2D eigenvalue weighted by Crippen LogP contribution is 2.06. The Balaban J connectivity index is 0.00000116. The van der Waals surface area contributed by atoms with Crippen molar-refractivity contribution in [3.63, 3.8) is 0 Å². The molecule has 5 nitrogen and oxygen atoms in total. The van der Waals surface area contributed by atoms with Crippen molar-refractivity contribution in [2.45, 2.75) is 26.7 Å². The summed E-state index contributed by atoms with van der Waals surface area (Å²) >= 11 is 0. The topological polar surface area (TPSA) is 61.6 Å². The molecule has 0 spiro atoms.